The molecule has 0 bridgehead atoms. The molecule has 0 aliphatic heterocycles. The molecule has 0 aliphatic rings. The smallest absolute Gasteiger partial charge is 0.161 e. The van der Waals surface area contributed by atoms with Gasteiger partial charge in [0.25, 0.3) is 0 Å². The molecule has 2 heterocycles. The van der Waals surface area contributed by atoms with Gasteiger partial charge < -0.3 is 5.32 Å². The average Bonchev–Trinajstić information content (AvgIpc) is 2.39. The maximum atomic E-state index is 4.58. The molecule has 18 heavy (non-hydrogen) atoms. The van der Waals surface area contributed by atoms with E-state index in [1.807, 2.05) is 33.0 Å². The van der Waals surface area contributed by atoms with Gasteiger partial charge in [-0.15, -0.1) is 0 Å². The van der Waals surface area contributed by atoms with Gasteiger partial charge in [-0.2, -0.15) is 0 Å². The van der Waals surface area contributed by atoms with E-state index in [1.165, 1.54) is 5.56 Å². The van der Waals surface area contributed by atoms with E-state index < -0.39 is 0 Å². The molecule has 0 amide bonds. The lowest BCUT2D eigenvalue weighted by Crippen LogP contribution is -2.13. The molecule has 0 radical (unpaired) electrons. The summed E-state index contributed by atoms with van der Waals surface area (Å²) in [7, 11) is 1.95. The van der Waals surface area contributed by atoms with Gasteiger partial charge in [-0.1, -0.05) is 0 Å². The molecule has 2 rings (SSSR count). The minimum atomic E-state index is 0.756. The zero-order valence-electron chi connectivity index (χ0n) is 11.1. The summed E-state index contributed by atoms with van der Waals surface area (Å²) in [5.74, 6) is 0.756. The third kappa shape index (κ3) is 2.71. The molecule has 0 unspecified atom stereocenters. The number of likely N-dealkylation sites (N-methyl/N-ethyl adjacent to an activating group) is 1. The molecular formula is C14H18N4. The summed E-state index contributed by atoms with van der Waals surface area (Å²) in [5, 5.41) is 3.15. The van der Waals surface area contributed by atoms with Gasteiger partial charge in [0.2, 0.25) is 0 Å². The Bertz CT molecular complexity index is 500. The van der Waals surface area contributed by atoms with E-state index in [9.17, 15) is 0 Å². The quantitative estimate of drug-likeness (QED) is 0.890. The number of nitrogens with zero attached hydrogens (tertiary/aromatic N) is 3. The second-order valence-corrected chi connectivity index (χ2v) is 4.29. The van der Waals surface area contributed by atoms with E-state index in [1.54, 1.807) is 12.4 Å². The van der Waals surface area contributed by atoms with E-state index in [0.717, 1.165) is 35.7 Å². The fraction of sp³-hybridized carbons (Fsp3) is 0.357. The fourth-order valence-corrected chi connectivity index (χ4v) is 1.98. The first-order valence-corrected chi connectivity index (χ1v) is 6.11. The molecule has 0 atom stereocenters. The van der Waals surface area contributed by atoms with Crippen molar-refractivity contribution in [2.24, 2.45) is 0 Å². The third-order valence-corrected chi connectivity index (χ3v) is 2.97. The van der Waals surface area contributed by atoms with Crippen molar-refractivity contribution in [3.63, 3.8) is 0 Å². The predicted molar refractivity (Wildman–Crippen MR) is 72.4 cm³/mol. The summed E-state index contributed by atoms with van der Waals surface area (Å²) >= 11 is 0. The molecule has 0 aliphatic carbocycles. The third-order valence-electron chi connectivity index (χ3n) is 2.97. The molecule has 4 heteroatoms. The molecule has 0 fully saturated rings. The monoisotopic (exact) mass is 242 g/mol. The fourth-order valence-electron chi connectivity index (χ4n) is 1.98. The highest BCUT2D eigenvalue weighted by Crippen LogP contribution is 2.18. The molecule has 4 nitrogen and oxygen atoms in total. The Balaban J connectivity index is 2.36. The Hall–Kier alpha value is -1.81. The van der Waals surface area contributed by atoms with Crippen molar-refractivity contribution in [3.8, 4) is 11.4 Å². The normalized spacial score (nSPS) is 10.6. The van der Waals surface area contributed by atoms with Gasteiger partial charge >= 0.3 is 0 Å². The molecule has 0 spiro atoms. The first kappa shape index (κ1) is 12.6. The zero-order chi connectivity index (χ0) is 13.0. The van der Waals surface area contributed by atoms with Crippen LogP contribution in [0.5, 0.6) is 0 Å². The van der Waals surface area contributed by atoms with Gasteiger partial charge in [-0.05, 0) is 51.6 Å². The van der Waals surface area contributed by atoms with Crippen molar-refractivity contribution in [2.45, 2.75) is 20.3 Å². The largest absolute Gasteiger partial charge is 0.319 e. The van der Waals surface area contributed by atoms with Crippen LogP contribution in [0.25, 0.3) is 11.4 Å². The van der Waals surface area contributed by atoms with E-state index >= 15 is 0 Å². The van der Waals surface area contributed by atoms with Crippen LogP contribution in [0.3, 0.4) is 0 Å². The van der Waals surface area contributed by atoms with Crippen LogP contribution in [0.2, 0.25) is 0 Å². The number of rotatable bonds is 4. The molecule has 94 valence electrons. The minimum absolute atomic E-state index is 0.756. The molecule has 2 aromatic rings. The number of hydrogen-bond donors (Lipinski definition) is 1. The number of nitrogens with one attached hydrogen (secondary N) is 1. The molecule has 1 N–H and O–H groups in total. The van der Waals surface area contributed by atoms with E-state index in [2.05, 4.69) is 20.3 Å². The maximum Gasteiger partial charge on any atom is 0.161 e. The maximum absolute atomic E-state index is 4.58. The number of pyridine rings is 1. The summed E-state index contributed by atoms with van der Waals surface area (Å²) in [5.41, 5.74) is 4.30. The van der Waals surface area contributed by atoms with Crippen molar-refractivity contribution in [3.05, 3.63) is 41.5 Å². The molecule has 0 saturated heterocycles. The van der Waals surface area contributed by atoms with Gasteiger partial charge in [-0.3, -0.25) is 4.98 Å². The standard InChI is InChI=1S/C14H18N4/c1-10-13(6-8-15-3)11(2)18-14(17-10)12-5-4-7-16-9-12/h4-5,7,9,15H,6,8H2,1-3H3. The topological polar surface area (TPSA) is 50.7 Å². The highest BCUT2D eigenvalue weighted by Gasteiger charge is 2.09. The van der Waals surface area contributed by atoms with Gasteiger partial charge in [0.05, 0.1) is 0 Å². The average molecular weight is 242 g/mol. The Kier molecular flexibility index (Phi) is 3.99. The zero-order valence-corrected chi connectivity index (χ0v) is 11.1. The highest BCUT2D eigenvalue weighted by atomic mass is 14.9. The number of aromatic nitrogens is 3. The minimum Gasteiger partial charge on any atom is -0.319 e. The van der Waals surface area contributed by atoms with Crippen LogP contribution in [0.4, 0.5) is 0 Å². The van der Waals surface area contributed by atoms with Gasteiger partial charge in [0.1, 0.15) is 0 Å². The molecule has 0 aromatic carbocycles. The molecule has 0 saturated carbocycles. The van der Waals surface area contributed by atoms with Crippen LogP contribution in [0.15, 0.2) is 24.5 Å². The summed E-state index contributed by atoms with van der Waals surface area (Å²) in [4.78, 5) is 13.3. The van der Waals surface area contributed by atoms with Crippen molar-refractivity contribution in [2.75, 3.05) is 13.6 Å². The van der Waals surface area contributed by atoms with Gasteiger partial charge in [0.15, 0.2) is 5.82 Å². The van der Waals surface area contributed by atoms with Gasteiger partial charge in [-0.25, -0.2) is 9.97 Å². The summed E-state index contributed by atoms with van der Waals surface area (Å²) in [6.45, 7) is 5.02. The van der Waals surface area contributed by atoms with Gasteiger partial charge in [0, 0.05) is 29.3 Å². The SMILES string of the molecule is CNCCc1c(C)nc(-c2cccnc2)nc1C. The number of aryl methyl sites for hydroxylation is 2. The van der Waals surface area contributed by atoms with Crippen LogP contribution >= 0.6 is 0 Å². The summed E-state index contributed by atoms with van der Waals surface area (Å²) < 4.78 is 0. The van der Waals surface area contributed by atoms with Crippen LogP contribution in [0, 0.1) is 13.8 Å². The second-order valence-electron chi connectivity index (χ2n) is 4.29. The van der Waals surface area contributed by atoms with Crippen LogP contribution in [-0.2, 0) is 6.42 Å². The highest BCUT2D eigenvalue weighted by molar-refractivity contribution is 5.54. The van der Waals surface area contributed by atoms with Crippen molar-refractivity contribution in [1.29, 1.82) is 0 Å². The molecule has 2 aromatic heterocycles. The first-order valence-electron chi connectivity index (χ1n) is 6.11. The Morgan fingerprint density at radius 3 is 2.44 bits per heavy atom. The summed E-state index contributed by atoms with van der Waals surface area (Å²) in [6, 6.07) is 3.88. The van der Waals surface area contributed by atoms with Crippen molar-refractivity contribution >= 4 is 0 Å². The molecular weight excluding hydrogens is 224 g/mol. The second kappa shape index (κ2) is 5.69. The number of hydrogen-bond acceptors (Lipinski definition) is 4. The van der Waals surface area contributed by atoms with Crippen molar-refractivity contribution in [1.82, 2.24) is 20.3 Å². The first-order chi connectivity index (χ1) is 8.72. The lowest BCUT2D eigenvalue weighted by Gasteiger charge is -2.10. The van der Waals surface area contributed by atoms with E-state index in [4.69, 9.17) is 0 Å². The van der Waals surface area contributed by atoms with E-state index in [0.29, 0.717) is 0 Å². The Labute approximate surface area is 108 Å². The van der Waals surface area contributed by atoms with Crippen LogP contribution in [-0.4, -0.2) is 28.5 Å². The van der Waals surface area contributed by atoms with Crippen molar-refractivity contribution < 1.29 is 0 Å². The van der Waals surface area contributed by atoms with Crippen LogP contribution in [0.1, 0.15) is 17.0 Å². The van der Waals surface area contributed by atoms with E-state index in [-0.39, 0.29) is 0 Å². The lowest BCUT2D eigenvalue weighted by molar-refractivity contribution is 0.774. The lowest BCUT2D eigenvalue weighted by atomic mass is 10.1. The Morgan fingerprint density at radius 1 is 1.17 bits per heavy atom. The Morgan fingerprint density at radius 2 is 1.89 bits per heavy atom. The predicted octanol–water partition coefficient (Wildman–Crippen LogP) is 1.92. The van der Waals surface area contributed by atoms with Crippen LogP contribution < -0.4 is 5.32 Å². The summed E-state index contributed by atoms with van der Waals surface area (Å²) in [6.07, 6.45) is 4.51.